The molecule has 0 bridgehead atoms. The molecule has 0 amide bonds. The van der Waals surface area contributed by atoms with Gasteiger partial charge in [0.25, 0.3) is 0 Å². The van der Waals surface area contributed by atoms with E-state index in [0.717, 1.165) is 13.0 Å². The highest BCUT2D eigenvalue weighted by Gasteiger charge is 2.03. The highest BCUT2D eigenvalue weighted by Crippen LogP contribution is 2.15. The van der Waals surface area contributed by atoms with Crippen LogP contribution < -0.4 is 5.32 Å². The molecular formula is C18H20N2. The number of hydrogen-bond acceptors (Lipinski definition) is 1. The average molecular weight is 264 g/mol. The second-order valence-electron chi connectivity index (χ2n) is 5.24. The number of aromatic amines is 1. The third-order valence-electron chi connectivity index (χ3n) is 3.78. The van der Waals surface area contributed by atoms with Gasteiger partial charge in [0.2, 0.25) is 0 Å². The Morgan fingerprint density at radius 3 is 2.75 bits per heavy atom. The fraction of sp³-hybridized carbons (Fsp3) is 0.222. The minimum atomic E-state index is 0.396. The molecule has 102 valence electrons. The average Bonchev–Trinajstić information content (AvgIpc) is 2.95. The van der Waals surface area contributed by atoms with E-state index in [9.17, 15) is 0 Å². The molecule has 20 heavy (non-hydrogen) atoms. The van der Waals surface area contributed by atoms with Gasteiger partial charge >= 0.3 is 0 Å². The Bertz CT molecular complexity index is 670. The van der Waals surface area contributed by atoms with Crippen LogP contribution in [0.3, 0.4) is 0 Å². The summed E-state index contributed by atoms with van der Waals surface area (Å²) < 4.78 is 0. The molecule has 0 aliphatic heterocycles. The zero-order valence-electron chi connectivity index (χ0n) is 11.8. The monoisotopic (exact) mass is 264 g/mol. The Morgan fingerprint density at radius 2 is 1.90 bits per heavy atom. The molecule has 2 heteroatoms. The van der Waals surface area contributed by atoms with E-state index in [1.165, 1.54) is 22.0 Å². The SMILES string of the molecule is CC(NCCc1ccc2[nH]ccc2c1)c1ccccc1. The summed E-state index contributed by atoms with van der Waals surface area (Å²) >= 11 is 0. The highest BCUT2D eigenvalue weighted by atomic mass is 14.9. The molecule has 0 radical (unpaired) electrons. The van der Waals surface area contributed by atoms with Crippen LogP contribution in [0.15, 0.2) is 60.8 Å². The van der Waals surface area contributed by atoms with Gasteiger partial charge in [-0.25, -0.2) is 0 Å². The summed E-state index contributed by atoms with van der Waals surface area (Å²) in [5, 5.41) is 4.87. The standard InChI is InChI=1S/C18H20N2/c1-14(16-5-3-2-4-6-16)19-11-9-15-7-8-18-17(13-15)10-12-20-18/h2-8,10,12-14,19-20H,9,11H2,1H3. The molecule has 1 unspecified atom stereocenters. The summed E-state index contributed by atoms with van der Waals surface area (Å²) in [6.45, 7) is 3.21. The highest BCUT2D eigenvalue weighted by molar-refractivity contribution is 5.79. The van der Waals surface area contributed by atoms with Gasteiger partial charge in [-0.2, -0.15) is 0 Å². The van der Waals surface area contributed by atoms with Gasteiger partial charge < -0.3 is 10.3 Å². The van der Waals surface area contributed by atoms with Crippen LogP contribution in [0.2, 0.25) is 0 Å². The summed E-state index contributed by atoms with van der Waals surface area (Å²) in [5.41, 5.74) is 3.93. The van der Waals surface area contributed by atoms with E-state index in [4.69, 9.17) is 0 Å². The first kappa shape index (κ1) is 12.9. The normalized spacial score (nSPS) is 12.7. The van der Waals surface area contributed by atoms with Gasteiger partial charge in [0, 0.05) is 17.8 Å². The molecule has 2 aromatic carbocycles. The Balaban J connectivity index is 1.57. The minimum absolute atomic E-state index is 0.396. The maximum atomic E-state index is 3.58. The van der Waals surface area contributed by atoms with E-state index in [-0.39, 0.29) is 0 Å². The molecule has 0 saturated carbocycles. The van der Waals surface area contributed by atoms with Gasteiger partial charge in [-0.3, -0.25) is 0 Å². The third-order valence-corrected chi connectivity index (χ3v) is 3.78. The van der Waals surface area contributed by atoms with Crippen molar-refractivity contribution in [2.45, 2.75) is 19.4 Å². The maximum absolute atomic E-state index is 3.58. The molecule has 0 aliphatic carbocycles. The number of rotatable bonds is 5. The van der Waals surface area contributed by atoms with Gasteiger partial charge in [-0.1, -0.05) is 36.4 Å². The van der Waals surface area contributed by atoms with Crippen molar-refractivity contribution in [3.8, 4) is 0 Å². The van der Waals surface area contributed by atoms with E-state index in [1.807, 2.05) is 6.20 Å². The molecule has 3 aromatic rings. The molecule has 2 N–H and O–H groups in total. The molecule has 0 aliphatic rings. The second kappa shape index (κ2) is 5.93. The minimum Gasteiger partial charge on any atom is -0.361 e. The third kappa shape index (κ3) is 2.91. The van der Waals surface area contributed by atoms with Crippen LogP contribution in [-0.4, -0.2) is 11.5 Å². The number of benzene rings is 2. The van der Waals surface area contributed by atoms with Crippen molar-refractivity contribution < 1.29 is 0 Å². The van der Waals surface area contributed by atoms with Crippen LogP contribution >= 0.6 is 0 Å². The van der Waals surface area contributed by atoms with E-state index in [0.29, 0.717) is 6.04 Å². The van der Waals surface area contributed by atoms with Crippen LogP contribution in [0.5, 0.6) is 0 Å². The van der Waals surface area contributed by atoms with Crippen molar-refractivity contribution in [3.05, 3.63) is 71.9 Å². The molecule has 0 spiro atoms. The van der Waals surface area contributed by atoms with Crippen molar-refractivity contribution in [3.63, 3.8) is 0 Å². The van der Waals surface area contributed by atoms with E-state index in [2.05, 4.69) is 71.8 Å². The lowest BCUT2D eigenvalue weighted by Crippen LogP contribution is -2.21. The predicted octanol–water partition coefficient (Wildman–Crippen LogP) is 4.06. The maximum Gasteiger partial charge on any atom is 0.0454 e. The number of fused-ring (bicyclic) bond motifs is 1. The van der Waals surface area contributed by atoms with Crippen molar-refractivity contribution in [1.82, 2.24) is 10.3 Å². The summed E-state index contributed by atoms with van der Waals surface area (Å²) in [4.78, 5) is 3.23. The molecule has 0 fully saturated rings. The summed E-state index contributed by atoms with van der Waals surface area (Å²) in [5.74, 6) is 0. The number of aromatic nitrogens is 1. The predicted molar refractivity (Wildman–Crippen MR) is 84.9 cm³/mol. The first-order valence-corrected chi connectivity index (χ1v) is 7.17. The van der Waals surface area contributed by atoms with Gasteiger partial charge in [-0.05, 0) is 54.6 Å². The Morgan fingerprint density at radius 1 is 1.05 bits per heavy atom. The largest absolute Gasteiger partial charge is 0.361 e. The van der Waals surface area contributed by atoms with Crippen molar-refractivity contribution in [2.75, 3.05) is 6.54 Å². The van der Waals surface area contributed by atoms with E-state index < -0.39 is 0 Å². The fourth-order valence-electron chi connectivity index (χ4n) is 2.55. The van der Waals surface area contributed by atoms with E-state index >= 15 is 0 Å². The zero-order chi connectivity index (χ0) is 13.8. The topological polar surface area (TPSA) is 27.8 Å². The van der Waals surface area contributed by atoms with Crippen LogP contribution in [0.4, 0.5) is 0 Å². The summed E-state index contributed by atoms with van der Waals surface area (Å²) in [6, 6.07) is 19.7. The lowest BCUT2D eigenvalue weighted by atomic mass is 10.1. The molecule has 2 nitrogen and oxygen atoms in total. The lowest BCUT2D eigenvalue weighted by Gasteiger charge is -2.14. The Kier molecular flexibility index (Phi) is 3.84. The Hall–Kier alpha value is -2.06. The first-order chi connectivity index (χ1) is 9.83. The number of nitrogens with one attached hydrogen (secondary N) is 2. The number of H-pyrrole nitrogens is 1. The van der Waals surface area contributed by atoms with E-state index in [1.54, 1.807) is 0 Å². The van der Waals surface area contributed by atoms with Gasteiger partial charge in [0.1, 0.15) is 0 Å². The quantitative estimate of drug-likeness (QED) is 0.714. The van der Waals surface area contributed by atoms with Crippen LogP contribution in [0.1, 0.15) is 24.1 Å². The van der Waals surface area contributed by atoms with Crippen molar-refractivity contribution in [2.24, 2.45) is 0 Å². The zero-order valence-corrected chi connectivity index (χ0v) is 11.8. The smallest absolute Gasteiger partial charge is 0.0454 e. The second-order valence-corrected chi connectivity index (χ2v) is 5.24. The summed E-state index contributed by atoms with van der Waals surface area (Å²) in [7, 11) is 0. The molecule has 1 heterocycles. The van der Waals surface area contributed by atoms with Gasteiger partial charge in [0.15, 0.2) is 0 Å². The first-order valence-electron chi connectivity index (χ1n) is 7.17. The fourth-order valence-corrected chi connectivity index (χ4v) is 2.55. The summed E-state index contributed by atoms with van der Waals surface area (Å²) in [6.07, 6.45) is 3.04. The van der Waals surface area contributed by atoms with Crippen LogP contribution in [-0.2, 0) is 6.42 Å². The molecule has 1 atom stereocenters. The molecule has 0 saturated heterocycles. The van der Waals surface area contributed by atoms with Crippen LogP contribution in [0.25, 0.3) is 10.9 Å². The lowest BCUT2D eigenvalue weighted by molar-refractivity contribution is 0.577. The van der Waals surface area contributed by atoms with Crippen LogP contribution in [0, 0.1) is 0 Å². The van der Waals surface area contributed by atoms with Crippen molar-refractivity contribution >= 4 is 10.9 Å². The molecule has 1 aromatic heterocycles. The Labute approximate surface area is 119 Å². The van der Waals surface area contributed by atoms with Gasteiger partial charge in [0.05, 0.1) is 0 Å². The van der Waals surface area contributed by atoms with Gasteiger partial charge in [-0.15, -0.1) is 0 Å². The molecular weight excluding hydrogens is 244 g/mol. The molecule has 3 rings (SSSR count). The number of hydrogen-bond donors (Lipinski definition) is 2. The van der Waals surface area contributed by atoms with Crippen molar-refractivity contribution in [1.29, 1.82) is 0 Å².